The Bertz CT molecular complexity index is 556. The van der Waals surface area contributed by atoms with E-state index < -0.39 is 0 Å². The minimum atomic E-state index is -0.0120. The number of amides is 2. The summed E-state index contributed by atoms with van der Waals surface area (Å²) >= 11 is 0. The first kappa shape index (κ1) is 13.1. The van der Waals surface area contributed by atoms with Gasteiger partial charge in [0, 0.05) is 31.5 Å². The maximum atomic E-state index is 12.5. The van der Waals surface area contributed by atoms with Gasteiger partial charge in [0.05, 0.1) is 12.5 Å². The molecule has 2 aliphatic heterocycles. The number of nitrogens with zero attached hydrogens (tertiary/aromatic N) is 1. The Labute approximate surface area is 117 Å². The number of hydrogen-bond donors (Lipinski definition) is 1. The number of ether oxygens (including phenoxy) is 1. The molecule has 1 saturated heterocycles. The molecule has 3 rings (SSSR count). The van der Waals surface area contributed by atoms with Crippen LogP contribution in [0.25, 0.3) is 0 Å². The molecule has 2 aliphatic rings. The zero-order valence-corrected chi connectivity index (χ0v) is 11.5. The van der Waals surface area contributed by atoms with Gasteiger partial charge >= 0.3 is 0 Å². The van der Waals surface area contributed by atoms with Crippen molar-refractivity contribution in [1.82, 2.24) is 4.90 Å². The molecule has 20 heavy (non-hydrogen) atoms. The lowest BCUT2D eigenvalue weighted by atomic mass is 10.0. The van der Waals surface area contributed by atoms with Crippen LogP contribution in [0.4, 0.5) is 5.69 Å². The lowest BCUT2D eigenvalue weighted by Crippen LogP contribution is -2.42. The van der Waals surface area contributed by atoms with Gasteiger partial charge in [0.15, 0.2) is 0 Å². The summed E-state index contributed by atoms with van der Waals surface area (Å²) in [5.41, 5.74) is 2.35. The highest BCUT2D eigenvalue weighted by molar-refractivity contribution is 6.02. The molecule has 106 valence electrons. The first-order valence-electron chi connectivity index (χ1n) is 6.92. The van der Waals surface area contributed by atoms with Crippen LogP contribution in [0.1, 0.15) is 28.8 Å². The molecule has 0 spiro atoms. The van der Waals surface area contributed by atoms with Crippen molar-refractivity contribution in [2.75, 3.05) is 25.5 Å². The van der Waals surface area contributed by atoms with Gasteiger partial charge in [0.25, 0.3) is 5.91 Å². The maximum Gasteiger partial charge on any atom is 0.254 e. The quantitative estimate of drug-likeness (QED) is 0.887. The molecule has 1 unspecified atom stereocenters. The Balaban J connectivity index is 1.77. The molecular formula is C15H18N2O3. The normalized spacial score (nSPS) is 21.6. The number of fused-ring (bicyclic) bond motifs is 1. The van der Waals surface area contributed by atoms with E-state index >= 15 is 0 Å². The number of likely N-dealkylation sites (tertiary alicyclic amines) is 1. The first-order valence-corrected chi connectivity index (χ1v) is 6.92. The molecule has 1 atom stereocenters. The van der Waals surface area contributed by atoms with Gasteiger partial charge in [-0.15, -0.1) is 0 Å². The summed E-state index contributed by atoms with van der Waals surface area (Å²) in [7, 11) is 1.68. The highest BCUT2D eigenvalue weighted by Crippen LogP contribution is 2.25. The molecule has 2 heterocycles. The largest absolute Gasteiger partial charge is 0.380 e. The summed E-state index contributed by atoms with van der Waals surface area (Å²) < 4.78 is 5.34. The molecule has 0 aromatic heterocycles. The van der Waals surface area contributed by atoms with Gasteiger partial charge in [-0.2, -0.15) is 0 Å². The van der Waals surface area contributed by atoms with E-state index in [0.29, 0.717) is 18.5 Å². The fourth-order valence-electron chi connectivity index (χ4n) is 2.84. The Morgan fingerprint density at radius 1 is 1.45 bits per heavy atom. The number of anilines is 1. The summed E-state index contributed by atoms with van der Waals surface area (Å²) in [5.74, 6) is -0.00211. The molecule has 0 saturated carbocycles. The van der Waals surface area contributed by atoms with Gasteiger partial charge in [0.2, 0.25) is 5.91 Å². The lowest BCUT2D eigenvalue weighted by Gasteiger charge is -2.32. The van der Waals surface area contributed by atoms with Crippen LogP contribution in [-0.4, -0.2) is 43.0 Å². The van der Waals surface area contributed by atoms with Gasteiger partial charge in [-0.1, -0.05) is 6.07 Å². The van der Waals surface area contributed by atoms with Crippen LogP contribution in [0.15, 0.2) is 18.2 Å². The number of methoxy groups -OCH3 is 1. The Morgan fingerprint density at radius 3 is 3.10 bits per heavy atom. The van der Waals surface area contributed by atoms with E-state index in [0.717, 1.165) is 30.6 Å². The SMILES string of the molecule is COC1CCCN(C(=O)c2ccc3c(c2)NC(=O)C3)C1. The minimum Gasteiger partial charge on any atom is -0.380 e. The zero-order chi connectivity index (χ0) is 14.1. The van der Waals surface area contributed by atoms with Crippen molar-refractivity contribution in [3.05, 3.63) is 29.3 Å². The van der Waals surface area contributed by atoms with E-state index in [1.807, 2.05) is 11.0 Å². The van der Waals surface area contributed by atoms with Crippen LogP contribution >= 0.6 is 0 Å². The first-order chi connectivity index (χ1) is 9.67. The number of nitrogens with one attached hydrogen (secondary N) is 1. The van der Waals surface area contributed by atoms with Crippen LogP contribution in [0.5, 0.6) is 0 Å². The average Bonchev–Trinajstić information content (AvgIpc) is 2.85. The second-order valence-corrected chi connectivity index (χ2v) is 5.35. The third kappa shape index (κ3) is 2.41. The van der Waals surface area contributed by atoms with E-state index in [9.17, 15) is 9.59 Å². The summed E-state index contributed by atoms with van der Waals surface area (Å²) in [5, 5.41) is 2.78. The van der Waals surface area contributed by atoms with Crippen molar-refractivity contribution in [1.29, 1.82) is 0 Å². The Hall–Kier alpha value is -1.88. The van der Waals surface area contributed by atoms with E-state index in [1.54, 1.807) is 19.2 Å². The number of carbonyl (C=O) groups excluding carboxylic acids is 2. The third-order valence-electron chi connectivity index (χ3n) is 3.98. The van der Waals surface area contributed by atoms with Crippen LogP contribution < -0.4 is 5.32 Å². The van der Waals surface area contributed by atoms with Crippen molar-refractivity contribution >= 4 is 17.5 Å². The highest BCUT2D eigenvalue weighted by Gasteiger charge is 2.26. The zero-order valence-electron chi connectivity index (χ0n) is 11.5. The molecule has 0 radical (unpaired) electrons. The average molecular weight is 274 g/mol. The van der Waals surface area contributed by atoms with Crippen LogP contribution in [0.3, 0.4) is 0 Å². The van der Waals surface area contributed by atoms with Crippen molar-refractivity contribution in [3.8, 4) is 0 Å². The predicted molar refractivity (Wildman–Crippen MR) is 74.7 cm³/mol. The Morgan fingerprint density at radius 2 is 2.30 bits per heavy atom. The van der Waals surface area contributed by atoms with Gasteiger partial charge in [0.1, 0.15) is 0 Å². The van der Waals surface area contributed by atoms with Gasteiger partial charge in [-0.25, -0.2) is 0 Å². The molecular weight excluding hydrogens is 256 g/mol. The fourth-order valence-corrected chi connectivity index (χ4v) is 2.84. The molecule has 0 aliphatic carbocycles. The van der Waals surface area contributed by atoms with Crippen LogP contribution in [0.2, 0.25) is 0 Å². The van der Waals surface area contributed by atoms with E-state index in [-0.39, 0.29) is 17.9 Å². The second-order valence-electron chi connectivity index (χ2n) is 5.35. The van der Waals surface area contributed by atoms with Crippen LogP contribution in [0, 0.1) is 0 Å². The van der Waals surface area contributed by atoms with Gasteiger partial charge in [-0.3, -0.25) is 9.59 Å². The van der Waals surface area contributed by atoms with E-state index in [2.05, 4.69) is 5.32 Å². The maximum absolute atomic E-state index is 12.5. The topological polar surface area (TPSA) is 58.6 Å². The number of piperidine rings is 1. The summed E-state index contributed by atoms with van der Waals surface area (Å²) in [6, 6.07) is 5.44. The third-order valence-corrected chi connectivity index (χ3v) is 3.98. The van der Waals surface area contributed by atoms with E-state index in [1.165, 1.54) is 0 Å². The number of benzene rings is 1. The highest BCUT2D eigenvalue weighted by atomic mass is 16.5. The molecule has 5 nitrogen and oxygen atoms in total. The summed E-state index contributed by atoms with van der Waals surface area (Å²) in [6.07, 6.45) is 2.49. The molecule has 0 bridgehead atoms. The lowest BCUT2D eigenvalue weighted by molar-refractivity contribution is -0.115. The summed E-state index contributed by atoms with van der Waals surface area (Å²) in [4.78, 5) is 25.7. The molecule has 1 N–H and O–H groups in total. The van der Waals surface area contributed by atoms with Crippen molar-refractivity contribution in [3.63, 3.8) is 0 Å². The number of rotatable bonds is 2. The minimum absolute atomic E-state index is 0.00991. The van der Waals surface area contributed by atoms with Gasteiger partial charge in [-0.05, 0) is 30.5 Å². The monoisotopic (exact) mass is 274 g/mol. The van der Waals surface area contributed by atoms with Crippen molar-refractivity contribution < 1.29 is 14.3 Å². The number of hydrogen-bond acceptors (Lipinski definition) is 3. The Kier molecular flexibility index (Phi) is 3.44. The smallest absolute Gasteiger partial charge is 0.254 e. The molecule has 1 aromatic carbocycles. The van der Waals surface area contributed by atoms with Gasteiger partial charge < -0.3 is 15.0 Å². The fraction of sp³-hybridized carbons (Fsp3) is 0.467. The molecule has 5 heteroatoms. The van der Waals surface area contributed by atoms with Crippen molar-refractivity contribution in [2.24, 2.45) is 0 Å². The molecule has 1 aromatic rings. The van der Waals surface area contributed by atoms with Crippen molar-refractivity contribution in [2.45, 2.75) is 25.4 Å². The van der Waals surface area contributed by atoms with E-state index in [4.69, 9.17) is 4.74 Å². The molecule has 2 amide bonds. The van der Waals surface area contributed by atoms with Crippen LogP contribution in [-0.2, 0) is 16.0 Å². The molecule has 1 fully saturated rings. The summed E-state index contributed by atoms with van der Waals surface area (Å²) in [6.45, 7) is 1.40. The number of carbonyl (C=O) groups is 2. The standard InChI is InChI=1S/C15H18N2O3/c1-20-12-3-2-6-17(9-12)15(19)11-5-4-10-8-14(18)16-13(10)7-11/h4-5,7,12H,2-3,6,8-9H2,1H3,(H,16,18). The second kappa shape index (κ2) is 5.25. The predicted octanol–water partition coefficient (Wildman–Crippen LogP) is 1.43.